The van der Waals surface area contributed by atoms with Gasteiger partial charge >= 0.3 is 0 Å². The predicted octanol–water partition coefficient (Wildman–Crippen LogP) is 1.23. The predicted molar refractivity (Wildman–Crippen MR) is 51.2 cm³/mol. The van der Waals surface area contributed by atoms with E-state index < -0.39 is 0 Å². The Morgan fingerprint density at radius 1 is 1.57 bits per heavy atom. The second-order valence-corrected chi connectivity index (χ2v) is 3.97. The number of nitrogens with zero attached hydrogens (tertiary/aromatic N) is 1. The maximum Gasteiger partial charge on any atom is 0.198 e. The second kappa shape index (κ2) is 3.56. The Morgan fingerprint density at radius 3 is 2.86 bits per heavy atom. The molecule has 76 valence electrons. The van der Waals surface area contributed by atoms with Crippen LogP contribution in [0.4, 0.5) is 0 Å². The first kappa shape index (κ1) is 9.45. The molecule has 1 aliphatic heterocycles. The molecule has 2 rings (SSSR count). The Labute approximate surface area is 84.7 Å². The molecule has 0 atom stereocenters. The summed E-state index contributed by atoms with van der Waals surface area (Å²) in [4.78, 5) is 1.62. The minimum absolute atomic E-state index is 0.105. The van der Waals surface area contributed by atoms with Crippen LogP contribution >= 0.6 is 11.3 Å². The van der Waals surface area contributed by atoms with E-state index in [0.717, 1.165) is 4.88 Å². The van der Waals surface area contributed by atoms with E-state index in [1.807, 2.05) is 13.0 Å². The van der Waals surface area contributed by atoms with Crippen LogP contribution in [0.15, 0.2) is 17.3 Å². The second-order valence-electron chi connectivity index (χ2n) is 2.86. The maximum absolute atomic E-state index is 8.46. The number of amidine groups is 1. The third-order valence-electron chi connectivity index (χ3n) is 1.85. The van der Waals surface area contributed by atoms with Gasteiger partial charge in [-0.1, -0.05) is 5.16 Å². The molecule has 0 unspecified atom stereocenters. The van der Waals surface area contributed by atoms with Crippen molar-refractivity contribution in [1.82, 2.24) is 0 Å². The van der Waals surface area contributed by atoms with Crippen molar-refractivity contribution in [2.45, 2.75) is 19.5 Å². The van der Waals surface area contributed by atoms with Crippen LogP contribution in [0.25, 0.3) is 0 Å². The normalized spacial score (nSPS) is 27.4. The van der Waals surface area contributed by atoms with Crippen LogP contribution in [-0.2, 0) is 9.47 Å². The van der Waals surface area contributed by atoms with Gasteiger partial charge in [0.25, 0.3) is 0 Å². The lowest BCUT2D eigenvalue weighted by atomic mass is 10.4. The van der Waals surface area contributed by atoms with E-state index in [4.69, 9.17) is 20.4 Å². The summed E-state index contributed by atoms with van der Waals surface area (Å²) in [6.45, 7) is 1.83. The Balaban J connectivity index is 2.11. The summed E-state index contributed by atoms with van der Waals surface area (Å²) in [5.41, 5.74) is 5.42. The Morgan fingerprint density at radius 2 is 2.29 bits per heavy atom. The summed E-state index contributed by atoms with van der Waals surface area (Å²) in [7, 11) is 0. The Bertz CT molecular complexity index is 357. The van der Waals surface area contributed by atoms with E-state index in [-0.39, 0.29) is 18.4 Å². The van der Waals surface area contributed by atoms with Gasteiger partial charge in [0.15, 0.2) is 18.4 Å². The molecule has 5 nitrogen and oxygen atoms in total. The van der Waals surface area contributed by atoms with E-state index >= 15 is 0 Å². The molecule has 1 fully saturated rings. The van der Waals surface area contributed by atoms with E-state index in [1.165, 1.54) is 11.3 Å². The molecule has 1 saturated heterocycles. The van der Waals surface area contributed by atoms with Crippen molar-refractivity contribution in [2.24, 2.45) is 10.9 Å². The minimum Gasteiger partial charge on any atom is -0.409 e. The van der Waals surface area contributed by atoms with Crippen LogP contribution in [0, 0.1) is 0 Å². The summed E-state index contributed by atoms with van der Waals surface area (Å²) >= 11 is 1.39. The first-order valence-corrected chi connectivity index (χ1v) is 4.91. The monoisotopic (exact) mass is 214 g/mol. The van der Waals surface area contributed by atoms with Crippen LogP contribution in [0.3, 0.4) is 0 Å². The van der Waals surface area contributed by atoms with Gasteiger partial charge in [-0.15, -0.1) is 11.3 Å². The van der Waals surface area contributed by atoms with Gasteiger partial charge in [0.2, 0.25) is 0 Å². The van der Waals surface area contributed by atoms with Crippen molar-refractivity contribution in [1.29, 1.82) is 0 Å². The van der Waals surface area contributed by atoms with Gasteiger partial charge in [0.05, 0.1) is 9.75 Å². The topological polar surface area (TPSA) is 77.1 Å². The fourth-order valence-electron chi connectivity index (χ4n) is 1.16. The molecule has 14 heavy (non-hydrogen) atoms. The van der Waals surface area contributed by atoms with Gasteiger partial charge in [-0.25, -0.2) is 0 Å². The molecule has 6 heteroatoms. The SMILES string of the molecule is CC1OC(c2ccc(/C(N)=N/O)s2)O1. The van der Waals surface area contributed by atoms with Crippen molar-refractivity contribution in [2.75, 3.05) is 0 Å². The molecule has 0 spiro atoms. The summed E-state index contributed by atoms with van der Waals surface area (Å²) in [5, 5.41) is 11.4. The molecule has 0 amide bonds. The molecule has 1 aliphatic rings. The van der Waals surface area contributed by atoms with Crippen LogP contribution in [0.2, 0.25) is 0 Å². The molecule has 0 bridgehead atoms. The van der Waals surface area contributed by atoms with Crippen LogP contribution in [-0.4, -0.2) is 17.3 Å². The summed E-state index contributed by atoms with van der Waals surface area (Å²) < 4.78 is 10.6. The number of ether oxygens (including phenoxy) is 2. The maximum atomic E-state index is 8.46. The largest absolute Gasteiger partial charge is 0.409 e. The number of hydrogen-bond acceptors (Lipinski definition) is 5. The van der Waals surface area contributed by atoms with Crippen molar-refractivity contribution in [3.05, 3.63) is 21.9 Å². The fraction of sp³-hybridized carbons (Fsp3) is 0.375. The first-order valence-electron chi connectivity index (χ1n) is 4.09. The smallest absolute Gasteiger partial charge is 0.198 e. The van der Waals surface area contributed by atoms with Gasteiger partial charge in [-0.3, -0.25) is 0 Å². The average molecular weight is 214 g/mol. The zero-order valence-electron chi connectivity index (χ0n) is 7.51. The third-order valence-corrected chi connectivity index (χ3v) is 2.98. The molecule has 0 radical (unpaired) electrons. The molecular formula is C8H10N2O3S. The highest BCUT2D eigenvalue weighted by molar-refractivity contribution is 7.14. The number of rotatable bonds is 2. The number of thiophene rings is 1. The minimum atomic E-state index is -0.296. The molecule has 2 heterocycles. The molecule has 0 saturated carbocycles. The summed E-state index contributed by atoms with van der Waals surface area (Å²) in [5.74, 6) is 0.105. The van der Waals surface area contributed by atoms with Gasteiger partial charge in [-0.05, 0) is 19.1 Å². The lowest BCUT2D eigenvalue weighted by Crippen LogP contribution is -2.30. The summed E-state index contributed by atoms with van der Waals surface area (Å²) in [6.07, 6.45) is -0.440. The zero-order chi connectivity index (χ0) is 10.1. The quantitative estimate of drug-likeness (QED) is 0.336. The average Bonchev–Trinajstić information content (AvgIpc) is 2.60. The number of hydrogen-bond donors (Lipinski definition) is 2. The third kappa shape index (κ3) is 1.59. The Kier molecular flexibility index (Phi) is 2.40. The van der Waals surface area contributed by atoms with E-state index in [0.29, 0.717) is 4.88 Å². The summed E-state index contributed by atoms with van der Waals surface area (Å²) in [6, 6.07) is 3.61. The standard InChI is InChI=1S/C8H10N2O3S/c1-4-12-8(13-4)6-3-2-5(14-6)7(9)10-11/h2-4,8,11H,1H3,(H2,9,10). The van der Waals surface area contributed by atoms with Crippen molar-refractivity contribution in [3.63, 3.8) is 0 Å². The van der Waals surface area contributed by atoms with Crippen molar-refractivity contribution >= 4 is 17.2 Å². The number of nitrogens with two attached hydrogens (primary N) is 1. The van der Waals surface area contributed by atoms with Gasteiger partial charge in [0.1, 0.15) is 0 Å². The van der Waals surface area contributed by atoms with E-state index in [9.17, 15) is 0 Å². The highest BCUT2D eigenvalue weighted by Gasteiger charge is 2.29. The lowest BCUT2D eigenvalue weighted by Gasteiger charge is -2.32. The van der Waals surface area contributed by atoms with Crippen molar-refractivity contribution in [3.8, 4) is 0 Å². The van der Waals surface area contributed by atoms with Crippen LogP contribution in [0.1, 0.15) is 23.0 Å². The molecule has 0 aromatic carbocycles. The van der Waals surface area contributed by atoms with Gasteiger partial charge in [0, 0.05) is 0 Å². The fourth-order valence-corrected chi connectivity index (χ4v) is 2.04. The molecular weight excluding hydrogens is 204 g/mol. The zero-order valence-corrected chi connectivity index (χ0v) is 8.32. The number of oxime groups is 1. The van der Waals surface area contributed by atoms with Crippen LogP contribution in [0.5, 0.6) is 0 Å². The first-order chi connectivity index (χ1) is 6.70. The van der Waals surface area contributed by atoms with E-state index in [1.54, 1.807) is 6.07 Å². The highest BCUT2D eigenvalue weighted by atomic mass is 32.1. The molecule has 0 aliphatic carbocycles. The van der Waals surface area contributed by atoms with Crippen LogP contribution < -0.4 is 5.73 Å². The molecule has 1 aromatic rings. The molecule has 1 aromatic heterocycles. The van der Waals surface area contributed by atoms with Crippen molar-refractivity contribution < 1.29 is 14.7 Å². The lowest BCUT2D eigenvalue weighted by molar-refractivity contribution is -0.381. The van der Waals surface area contributed by atoms with Gasteiger partial charge < -0.3 is 20.4 Å². The van der Waals surface area contributed by atoms with E-state index in [2.05, 4.69) is 5.16 Å². The van der Waals surface area contributed by atoms with Gasteiger partial charge in [-0.2, -0.15) is 0 Å². The molecule has 3 N–H and O–H groups in total. The Hall–Kier alpha value is -1.11. The highest BCUT2D eigenvalue weighted by Crippen LogP contribution is 2.35.